The molecule has 0 fully saturated rings. The Kier molecular flexibility index (Phi) is 8.21. The standard InChI is InChI=1S/C33H33N3O4S/c1-6-19-40-25-16-12-10-14-23(25)20-27-31(37)36-30(29-24-15-11-9-13-22(24)17-18-26(29)39-5)28(21(4)34-33(36)41-27)32(38)35(7-2)8-3/h6,9-18,20,30H,1,7-8,19H2,2-5H3/b27-20+/t30-/m0/s1. The van der Waals surface area contributed by atoms with E-state index in [4.69, 9.17) is 14.5 Å². The molecule has 0 bridgehead atoms. The molecule has 1 aliphatic heterocycles. The van der Waals surface area contributed by atoms with Crippen LogP contribution in [0, 0.1) is 0 Å². The largest absolute Gasteiger partial charge is 0.496 e. The Labute approximate surface area is 243 Å². The summed E-state index contributed by atoms with van der Waals surface area (Å²) in [6.07, 6.45) is 3.50. The van der Waals surface area contributed by atoms with E-state index >= 15 is 0 Å². The first-order valence-electron chi connectivity index (χ1n) is 13.6. The number of fused-ring (bicyclic) bond motifs is 2. The van der Waals surface area contributed by atoms with Crippen molar-refractivity contribution < 1.29 is 14.3 Å². The molecule has 2 heterocycles. The molecule has 0 saturated carbocycles. The molecule has 7 nitrogen and oxygen atoms in total. The molecule has 1 aliphatic rings. The first-order chi connectivity index (χ1) is 19.9. The Morgan fingerprint density at radius 1 is 1.07 bits per heavy atom. The maximum absolute atomic E-state index is 14.3. The second kappa shape index (κ2) is 12.0. The molecule has 0 spiro atoms. The van der Waals surface area contributed by atoms with Gasteiger partial charge in [0.1, 0.15) is 24.1 Å². The van der Waals surface area contributed by atoms with Crippen LogP contribution in [0.2, 0.25) is 0 Å². The van der Waals surface area contributed by atoms with Crippen molar-refractivity contribution in [2.24, 2.45) is 4.99 Å². The lowest BCUT2D eigenvalue weighted by molar-refractivity contribution is -0.127. The number of hydrogen-bond donors (Lipinski definition) is 0. The van der Waals surface area contributed by atoms with E-state index in [0.717, 1.165) is 21.9 Å². The molecular formula is C33H33N3O4S. The Morgan fingerprint density at radius 2 is 1.80 bits per heavy atom. The number of rotatable bonds is 9. The summed E-state index contributed by atoms with van der Waals surface area (Å²) < 4.78 is 13.8. The molecule has 210 valence electrons. The van der Waals surface area contributed by atoms with Crippen molar-refractivity contribution in [3.05, 3.63) is 115 Å². The number of carbonyl (C=O) groups is 1. The van der Waals surface area contributed by atoms with E-state index in [9.17, 15) is 9.59 Å². The Morgan fingerprint density at radius 3 is 2.54 bits per heavy atom. The topological polar surface area (TPSA) is 73.1 Å². The Balaban J connectivity index is 1.83. The lowest BCUT2D eigenvalue weighted by Crippen LogP contribution is -2.43. The van der Waals surface area contributed by atoms with Crippen molar-refractivity contribution in [3.8, 4) is 11.5 Å². The van der Waals surface area contributed by atoms with Gasteiger partial charge in [-0.1, -0.05) is 72.5 Å². The molecule has 1 amide bonds. The summed E-state index contributed by atoms with van der Waals surface area (Å²) in [5.41, 5.74) is 2.36. The van der Waals surface area contributed by atoms with E-state index in [1.165, 1.54) is 11.3 Å². The summed E-state index contributed by atoms with van der Waals surface area (Å²) in [5.74, 6) is 1.11. The summed E-state index contributed by atoms with van der Waals surface area (Å²) in [6, 6.07) is 18.7. The van der Waals surface area contributed by atoms with Crippen molar-refractivity contribution in [1.82, 2.24) is 9.47 Å². The van der Waals surface area contributed by atoms with Gasteiger partial charge < -0.3 is 14.4 Å². The predicted octanol–water partition coefficient (Wildman–Crippen LogP) is 4.83. The highest BCUT2D eigenvalue weighted by Crippen LogP contribution is 2.40. The van der Waals surface area contributed by atoms with Crippen LogP contribution in [0.15, 0.2) is 94.4 Å². The van der Waals surface area contributed by atoms with Crippen molar-refractivity contribution in [1.29, 1.82) is 0 Å². The summed E-state index contributed by atoms with van der Waals surface area (Å²) in [4.78, 5) is 35.5. The number of para-hydroxylation sites is 1. The molecule has 0 unspecified atom stereocenters. The van der Waals surface area contributed by atoms with Crippen LogP contribution in [0.3, 0.4) is 0 Å². The zero-order valence-corrected chi connectivity index (χ0v) is 24.5. The van der Waals surface area contributed by atoms with Gasteiger partial charge in [-0.2, -0.15) is 0 Å². The molecule has 0 saturated heterocycles. The van der Waals surface area contributed by atoms with Crippen LogP contribution in [-0.2, 0) is 4.79 Å². The van der Waals surface area contributed by atoms with Gasteiger partial charge in [0, 0.05) is 24.2 Å². The van der Waals surface area contributed by atoms with Crippen LogP contribution in [0.5, 0.6) is 11.5 Å². The van der Waals surface area contributed by atoms with Gasteiger partial charge in [0.15, 0.2) is 4.80 Å². The molecular weight excluding hydrogens is 534 g/mol. The van der Waals surface area contributed by atoms with E-state index in [1.54, 1.807) is 22.7 Å². The zero-order valence-electron chi connectivity index (χ0n) is 23.7. The second-order valence-electron chi connectivity index (χ2n) is 9.60. The average molecular weight is 568 g/mol. The molecule has 3 aromatic carbocycles. The monoisotopic (exact) mass is 567 g/mol. The Bertz CT molecular complexity index is 1850. The number of thiazole rings is 1. The lowest BCUT2D eigenvalue weighted by atomic mass is 9.90. The highest BCUT2D eigenvalue weighted by molar-refractivity contribution is 7.07. The van der Waals surface area contributed by atoms with Crippen molar-refractivity contribution in [2.75, 3.05) is 26.8 Å². The quantitative estimate of drug-likeness (QED) is 0.272. The van der Waals surface area contributed by atoms with Gasteiger partial charge in [-0.15, -0.1) is 0 Å². The minimum Gasteiger partial charge on any atom is -0.496 e. The highest BCUT2D eigenvalue weighted by atomic mass is 32.1. The van der Waals surface area contributed by atoms with Gasteiger partial charge in [-0.3, -0.25) is 14.2 Å². The van der Waals surface area contributed by atoms with E-state index in [1.807, 2.05) is 87.5 Å². The number of hydrogen-bond acceptors (Lipinski definition) is 6. The molecule has 0 N–H and O–H groups in total. The van der Waals surface area contributed by atoms with E-state index < -0.39 is 6.04 Å². The predicted molar refractivity (Wildman–Crippen MR) is 164 cm³/mol. The smallest absolute Gasteiger partial charge is 0.271 e. The van der Waals surface area contributed by atoms with Gasteiger partial charge in [0.05, 0.1) is 22.9 Å². The van der Waals surface area contributed by atoms with Crippen molar-refractivity contribution >= 4 is 34.1 Å². The van der Waals surface area contributed by atoms with Crippen LogP contribution in [0.4, 0.5) is 0 Å². The first-order valence-corrected chi connectivity index (χ1v) is 14.4. The fourth-order valence-electron chi connectivity index (χ4n) is 5.31. The molecule has 5 rings (SSSR count). The third-order valence-electron chi connectivity index (χ3n) is 7.29. The van der Waals surface area contributed by atoms with Crippen molar-refractivity contribution in [3.63, 3.8) is 0 Å². The third-order valence-corrected chi connectivity index (χ3v) is 8.27. The van der Waals surface area contributed by atoms with E-state index in [2.05, 4.69) is 6.58 Å². The summed E-state index contributed by atoms with van der Waals surface area (Å²) >= 11 is 1.30. The molecule has 8 heteroatoms. The van der Waals surface area contributed by atoms with E-state index in [0.29, 0.717) is 51.8 Å². The fourth-order valence-corrected chi connectivity index (χ4v) is 6.34. The number of carbonyl (C=O) groups excluding carboxylic acids is 1. The maximum Gasteiger partial charge on any atom is 0.271 e. The van der Waals surface area contributed by atoms with Gasteiger partial charge >= 0.3 is 0 Å². The van der Waals surface area contributed by atoms with Gasteiger partial charge in [-0.05, 0) is 49.8 Å². The fraction of sp³-hybridized carbons (Fsp3) is 0.242. The van der Waals surface area contributed by atoms with Crippen LogP contribution in [-0.4, -0.2) is 42.2 Å². The first kappa shape index (κ1) is 28.1. The van der Waals surface area contributed by atoms with Crippen LogP contribution < -0.4 is 24.4 Å². The van der Waals surface area contributed by atoms with Crippen molar-refractivity contribution in [2.45, 2.75) is 26.8 Å². The van der Waals surface area contributed by atoms with Crippen LogP contribution in [0.25, 0.3) is 16.8 Å². The third kappa shape index (κ3) is 5.11. The highest BCUT2D eigenvalue weighted by Gasteiger charge is 2.36. The Hall–Kier alpha value is -4.43. The minimum atomic E-state index is -0.727. The second-order valence-corrected chi connectivity index (χ2v) is 10.6. The number of allylic oxidation sites excluding steroid dienone is 1. The SMILES string of the molecule is C=CCOc1ccccc1/C=c1/sc2n(c1=O)[C@H](c1c(OC)ccc3ccccc13)C(C(=O)N(CC)CC)=C(C)N=2. The normalized spacial score (nSPS) is 14.9. The number of nitrogens with zero attached hydrogens (tertiary/aromatic N) is 3. The molecule has 4 aromatic rings. The zero-order chi connectivity index (χ0) is 29.1. The summed E-state index contributed by atoms with van der Waals surface area (Å²) in [7, 11) is 1.61. The maximum atomic E-state index is 14.3. The molecule has 0 radical (unpaired) electrons. The van der Waals surface area contributed by atoms with Crippen LogP contribution in [0.1, 0.15) is 37.9 Å². The number of benzene rings is 3. The van der Waals surface area contributed by atoms with Gasteiger partial charge in [0.2, 0.25) is 0 Å². The summed E-state index contributed by atoms with van der Waals surface area (Å²) in [5, 5.41) is 1.90. The van der Waals surface area contributed by atoms with E-state index in [-0.39, 0.29) is 11.5 Å². The molecule has 1 aromatic heterocycles. The lowest BCUT2D eigenvalue weighted by Gasteiger charge is -2.30. The molecule has 0 aliphatic carbocycles. The van der Waals surface area contributed by atoms with Gasteiger partial charge in [0.25, 0.3) is 11.5 Å². The van der Waals surface area contributed by atoms with Gasteiger partial charge in [-0.25, -0.2) is 4.99 Å². The van der Waals surface area contributed by atoms with Crippen LogP contribution >= 0.6 is 11.3 Å². The number of ether oxygens (including phenoxy) is 2. The minimum absolute atomic E-state index is 0.145. The average Bonchev–Trinajstić information content (AvgIpc) is 3.29. The molecule has 41 heavy (non-hydrogen) atoms. The molecule has 1 atom stereocenters. The number of methoxy groups -OCH3 is 1. The summed E-state index contributed by atoms with van der Waals surface area (Å²) in [6.45, 7) is 10.9. The number of likely N-dealkylation sites (N-methyl/N-ethyl adjacent to an activating group) is 1. The number of amides is 1. The number of aromatic nitrogens is 1.